The molecule has 2 aliphatic carbocycles. The third-order valence-electron chi connectivity index (χ3n) is 6.14. The van der Waals surface area contributed by atoms with Crippen LogP contribution in [0.2, 0.25) is 0 Å². The van der Waals surface area contributed by atoms with Gasteiger partial charge >= 0.3 is 0 Å². The van der Waals surface area contributed by atoms with E-state index in [4.69, 9.17) is 0 Å². The average Bonchev–Trinajstić information content (AvgIpc) is 2.74. The summed E-state index contributed by atoms with van der Waals surface area (Å²) in [7, 11) is -2.81. The van der Waals surface area contributed by atoms with E-state index in [0.29, 0.717) is 28.4 Å². The fourth-order valence-electron chi connectivity index (χ4n) is 5.11. The molecule has 0 aromatic rings. The molecule has 110 valence electrons. The molecule has 3 nitrogen and oxygen atoms in total. The maximum Gasteiger partial charge on any atom is 0.151 e. The number of nitrogens with one attached hydrogen (secondary N) is 1. The highest BCUT2D eigenvalue weighted by atomic mass is 32.2. The van der Waals surface area contributed by atoms with Crippen LogP contribution in [0.25, 0.3) is 0 Å². The van der Waals surface area contributed by atoms with E-state index in [0.717, 1.165) is 18.8 Å². The van der Waals surface area contributed by atoms with Crippen LogP contribution in [0.4, 0.5) is 0 Å². The first-order valence-electron chi connectivity index (χ1n) is 7.69. The smallest absolute Gasteiger partial charge is 0.151 e. The molecule has 3 rings (SSSR count). The molecule has 0 aromatic heterocycles. The van der Waals surface area contributed by atoms with Crippen LogP contribution in [0, 0.1) is 16.7 Å². The lowest BCUT2D eigenvalue weighted by Crippen LogP contribution is -2.56. The predicted molar refractivity (Wildman–Crippen MR) is 77.8 cm³/mol. The Labute approximate surface area is 117 Å². The van der Waals surface area contributed by atoms with E-state index < -0.39 is 9.84 Å². The lowest BCUT2D eigenvalue weighted by atomic mass is 9.68. The minimum absolute atomic E-state index is 0.180. The molecular formula is C15H27NO2S. The van der Waals surface area contributed by atoms with Crippen LogP contribution in [0.15, 0.2) is 0 Å². The number of hydrogen-bond donors (Lipinski definition) is 1. The minimum atomic E-state index is -2.81. The Balaban J connectivity index is 1.76. The molecule has 1 heterocycles. The van der Waals surface area contributed by atoms with Crippen LogP contribution in [-0.2, 0) is 9.84 Å². The Bertz CT molecular complexity index is 466. The molecule has 4 atom stereocenters. The zero-order valence-corrected chi connectivity index (χ0v) is 13.2. The van der Waals surface area contributed by atoms with E-state index >= 15 is 0 Å². The van der Waals surface area contributed by atoms with E-state index in [1.807, 2.05) is 0 Å². The Kier molecular flexibility index (Phi) is 3.07. The SMILES string of the molecule is CC12CCC(C1)C(C)(C)C2NC1CCCS(=O)(=O)C1. The fraction of sp³-hybridized carbons (Fsp3) is 1.00. The van der Waals surface area contributed by atoms with E-state index in [1.165, 1.54) is 19.3 Å². The minimum Gasteiger partial charge on any atom is -0.309 e. The zero-order chi connectivity index (χ0) is 13.9. The number of hydrogen-bond acceptors (Lipinski definition) is 3. The average molecular weight is 285 g/mol. The van der Waals surface area contributed by atoms with Gasteiger partial charge in [-0.1, -0.05) is 20.8 Å². The van der Waals surface area contributed by atoms with Gasteiger partial charge in [-0.15, -0.1) is 0 Å². The number of sulfone groups is 1. The van der Waals surface area contributed by atoms with Crippen LogP contribution in [0.1, 0.15) is 52.9 Å². The number of rotatable bonds is 2. The normalized spacial score (nSPS) is 47.4. The molecular weight excluding hydrogens is 258 g/mol. The largest absolute Gasteiger partial charge is 0.309 e. The Hall–Kier alpha value is -0.0900. The van der Waals surface area contributed by atoms with Gasteiger partial charge in [0.25, 0.3) is 0 Å². The molecule has 0 spiro atoms. The van der Waals surface area contributed by atoms with Gasteiger partial charge in [0.15, 0.2) is 9.84 Å². The van der Waals surface area contributed by atoms with Gasteiger partial charge in [-0.25, -0.2) is 8.42 Å². The summed E-state index contributed by atoms with van der Waals surface area (Å²) in [5.41, 5.74) is 0.698. The summed E-state index contributed by atoms with van der Waals surface area (Å²) in [6, 6.07) is 0.663. The first-order chi connectivity index (χ1) is 8.73. The fourth-order valence-corrected chi connectivity index (χ4v) is 6.76. The first kappa shape index (κ1) is 13.9. The lowest BCUT2D eigenvalue weighted by molar-refractivity contribution is 0.0989. The second-order valence-corrected chi connectivity index (χ2v) is 10.2. The van der Waals surface area contributed by atoms with E-state index in [1.54, 1.807) is 0 Å². The van der Waals surface area contributed by atoms with Crippen molar-refractivity contribution in [1.82, 2.24) is 5.32 Å². The summed E-state index contributed by atoms with van der Waals surface area (Å²) in [4.78, 5) is 0. The molecule has 1 N–H and O–H groups in total. The highest BCUT2D eigenvalue weighted by Crippen LogP contribution is 2.62. The maximum absolute atomic E-state index is 11.8. The quantitative estimate of drug-likeness (QED) is 0.847. The van der Waals surface area contributed by atoms with Crippen molar-refractivity contribution in [2.45, 2.75) is 65.0 Å². The van der Waals surface area contributed by atoms with Crippen LogP contribution in [0.5, 0.6) is 0 Å². The van der Waals surface area contributed by atoms with Crippen LogP contribution in [-0.4, -0.2) is 32.0 Å². The van der Waals surface area contributed by atoms with Gasteiger partial charge in [0.05, 0.1) is 11.5 Å². The zero-order valence-electron chi connectivity index (χ0n) is 12.4. The summed E-state index contributed by atoms with van der Waals surface area (Å²) in [6.45, 7) is 7.14. The van der Waals surface area contributed by atoms with Crippen molar-refractivity contribution in [3.05, 3.63) is 0 Å². The monoisotopic (exact) mass is 285 g/mol. The van der Waals surface area contributed by atoms with Gasteiger partial charge in [-0.2, -0.15) is 0 Å². The topological polar surface area (TPSA) is 46.2 Å². The van der Waals surface area contributed by atoms with Crippen molar-refractivity contribution >= 4 is 9.84 Å². The predicted octanol–water partition coefficient (Wildman–Crippen LogP) is 2.37. The lowest BCUT2D eigenvalue weighted by Gasteiger charge is -2.45. The Morgan fingerprint density at radius 2 is 1.89 bits per heavy atom. The molecule has 1 aliphatic heterocycles. The van der Waals surface area contributed by atoms with Crippen molar-refractivity contribution in [1.29, 1.82) is 0 Å². The van der Waals surface area contributed by atoms with Crippen molar-refractivity contribution in [3.63, 3.8) is 0 Å². The molecule has 2 bridgehead atoms. The molecule has 3 fully saturated rings. The summed E-state index contributed by atoms with van der Waals surface area (Å²) in [5, 5.41) is 3.76. The van der Waals surface area contributed by atoms with Gasteiger partial charge < -0.3 is 5.32 Å². The van der Waals surface area contributed by atoms with Gasteiger partial charge in [0, 0.05) is 12.1 Å². The van der Waals surface area contributed by atoms with E-state index in [2.05, 4.69) is 26.1 Å². The van der Waals surface area contributed by atoms with Crippen molar-refractivity contribution in [2.75, 3.05) is 11.5 Å². The Morgan fingerprint density at radius 3 is 2.47 bits per heavy atom. The summed E-state index contributed by atoms with van der Waals surface area (Å²) < 4.78 is 23.6. The van der Waals surface area contributed by atoms with E-state index in [-0.39, 0.29) is 6.04 Å². The number of fused-ring (bicyclic) bond motifs is 2. The maximum atomic E-state index is 11.8. The highest BCUT2D eigenvalue weighted by molar-refractivity contribution is 7.91. The molecule has 4 unspecified atom stereocenters. The molecule has 0 aromatic carbocycles. The van der Waals surface area contributed by atoms with Gasteiger partial charge in [-0.3, -0.25) is 0 Å². The first-order valence-corrected chi connectivity index (χ1v) is 9.52. The molecule has 4 heteroatoms. The van der Waals surface area contributed by atoms with Gasteiger partial charge in [0.2, 0.25) is 0 Å². The standard InChI is InChI=1S/C15H27NO2S/c1-14(2)11-6-7-15(3,9-11)13(14)16-12-5-4-8-19(17,18)10-12/h11-13,16H,4-10H2,1-3H3. The van der Waals surface area contributed by atoms with Gasteiger partial charge in [-0.05, 0) is 48.9 Å². The molecule has 1 saturated heterocycles. The summed E-state index contributed by atoms with van der Waals surface area (Å²) >= 11 is 0. The third kappa shape index (κ3) is 2.25. The summed E-state index contributed by atoms with van der Waals surface area (Å²) in [5.74, 6) is 1.55. The van der Waals surface area contributed by atoms with Gasteiger partial charge in [0.1, 0.15) is 0 Å². The second kappa shape index (κ2) is 4.20. The second-order valence-electron chi connectivity index (χ2n) is 7.97. The molecule has 3 aliphatic rings. The third-order valence-corrected chi connectivity index (χ3v) is 7.96. The van der Waals surface area contributed by atoms with Crippen LogP contribution < -0.4 is 5.32 Å². The Morgan fingerprint density at radius 1 is 1.16 bits per heavy atom. The molecule has 2 saturated carbocycles. The van der Waals surface area contributed by atoms with E-state index in [9.17, 15) is 8.42 Å². The molecule has 0 amide bonds. The highest BCUT2D eigenvalue weighted by Gasteiger charge is 2.59. The van der Waals surface area contributed by atoms with Crippen molar-refractivity contribution in [2.24, 2.45) is 16.7 Å². The van der Waals surface area contributed by atoms with Crippen LogP contribution >= 0.6 is 0 Å². The summed E-state index contributed by atoms with van der Waals surface area (Å²) in [6.07, 6.45) is 5.82. The van der Waals surface area contributed by atoms with Crippen molar-refractivity contribution in [3.8, 4) is 0 Å². The van der Waals surface area contributed by atoms with Crippen molar-refractivity contribution < 1.29 is 8.42 Å². The molecule has 19 heavy (non-hydrogen) atoms. The molecule has 0 radical (unpaired) electrons. The van der Waals surface area contributed by atoms with Crippen LogP contribution in [0.3, 0.4) is 0 Å².